The molecule has 0 unspecified atom stereocenters. The second-order valence-electron chi connectivity index (χ2n) is 5.42. The van der Waals surface area contributed by atoms with Crippen LogP contribution in [0.15, 0.2) is 36.5 Å². The molecule has 1 aromatic carbocycles. The molecule has 0 aliphatic carbocycles. The molecule has 1 amide bonds. The molecule has 5 nitrogen and oxygen atoms in total. The number of phenols is 1. The number of fused-ring (bicyclic) bond motifs is 1. The van der Waals surface area contributed by atoms with Crippen molar-refractivity contribution < 1.29 is 9.90 Å². The first-order valence-corrected chi connectivity index (χ1v) is 7.55. The molecular formula is C17H16ClN3O2. The molecule has 2 aromatic heterocycles. The van der Waals surface area contributed by atoms with Crippen LogP contribution in [0.3, 0.4) is 0 Å². The van der Waals surface area contributed by atoms with Crippen LogP contribution in [-0.2, 0) is 11.2 Å². The average molecular weight is 330 g/mol. The van der Waals surface area contributed by atoms with Gasteiger partial charge in [-0.3, -0.25) is 4.79 Å². The van der Waals surface area contributed by atoms with E-state index in [9.17, 15) is 9.90 Å². The Morgan fingerprint density at radius 1 is 1.35 bits per heavy atom. The topological polar surface area (TPSA) is 66.6 Å². The van der Waals surface area contributed by atoms with Gasteiger partial charge in [-0.1, -0.05) is 17.7 Å². The molecule has 0 aliphatic heterocycles. The number of nitrogens with one attached hydrogen (secondary N) is 1. The van der Waals surface area contributed by atoms with E-state index < -0.39 is 0 Å². The summed E-state index contributed by atoms with van der Waals surface area (Å²) >= 11 is 5.89. The molecular weight excluding hydrogens is 314 g/mol. The van der Waals surface area contributed by atoms with Gasteiger partial charge in [0.25, 0.3) is 0 Å². The minimum absolute atomic E-state index is 0.0199. The van der Waals surface area contributed by atoms with Gasteiger partial charge in [0.05, 0.1) is 23.5 Å². The highest BCUT2D eigenvalue weighted by molar-refractivity contribution is 6.31. The Hall–Kier alpha value is -2.53. The Kier molecular flexibility index (Phi) is 3.96. The Bertz CT molecular complexity index is 902. The van der Waals surface area contributed by atoms with Crippen LogP contribution in [0.1, 0.15) is 17.0 Å². The maximum atomic E-state index is 12.3. The molecule has 6 heteroatoms. The fourth-order valence-electron chi connectivity index (χ4n) is 2.53. The van der Waals surface area contributed by atoms with Gasteiger partial charge >= 0.3 is 0 Å². The number of carbonyl (C=O) groups excluding carboxylic acids is 1. The molecule has 0 bridgehead atoms. The van der Waals surface area contributed by atoms with Crippen molar-refractivity contribution in [1.82, 2.24) is 9.38 Å². The molecule has 0 atom stereocenters. The lowest BCUT2D eigenvalue weighted by Gasteiger charge is -2.08. The minimum Gasteiger partial charge on any atom is -0.506 e. The predicted octanol–water partition coefficient (Wildman–Crippen LogP) is 3.49. The summed E-state index contributed by atoms with van der Waals surface area (Å²) in [6.07, 6.45) is 2.05. The molecule has 0 saturated carbocycles. The fourth-order valence-corrected chi connectivity index (χ4v) is 2.71. The molecule has 2 N–H and O–H groups in total. The third-order valence-electron chi connectivity index (χ3n) is 3.70. The zero-order valence-corrected chi connectivity index (χ0v) is 13.6. The van der Waals surface area contributed by atoms with Crippen LogP contribution < -0.4 is 5.32 Å². The van der Waals surface area contributed by atoms with Crippen LogP contribution in [0.4, 0.5) is 5.69 Å². The molecule has 23 heavy (non-hydrogen) atoms. The second kappa shape index (κ2) is 5.93. The van der Waals surface area contributed by atoms with Gasteiger partial charge in [0, 0.05) is 11.2 Å². The third-order valence-corrected chi connectivity index (χ3v) is 3.94. The quantitative estimate of drug-likeness (QED) is 0.723. The Balaban J connectivity index is 1.87. The normalized spacial score (nSPS) is 10.9. The van der Waals surface area contributed by atoms with Gasteiger partial charge in [-0.25, -0.2) is 4.98 Å². The first-order chi connectivity index (χ1) is 11.0. The first-order valence-electron chi connectivity index (χ1n) is 7.17. The second-order valence-corrected chi connectivity index (χ2v) is 5.85. The van der Waals surface area contributed by atoms with Crippen molar-refractivity contribution >= 4 is 28.8 Å². The largest absolute Gasteiger partial charge is 0.506 e. The molecule has 118 valence electrons. The number of hydrogen-bond acceptors (Lipinski definition) is 3. The predicted molar refractivity (Wildman–Crippen MR) is 90.1 cm³/mol. The average Bonchev–Trinajstić information content (AvgIpc) is 2.81. The lowest BCUT2D eigenvalue weighted by Crippen LogP contribution is -2.16. The smallest absolute Gasteiger partial charge is 0.230 e. The number of hydrogen-bond donors (Lipinski definition) is 2. The Labute approximate surface area is 138 Å². The van der Waals surface area contributed by atoms with Gasteiger partial charge < -0.3 is 14.8 Å². The van der Waals surface area contributed by atoms with Gasteiger partial charge in [0.1, 0.15) is 11.4 Å². The highest BCUT2D eigenvalue weighted by Gasteiger charge is 2.15. The van der Waals surface area contributed by atoms with Crippen LogP contribution in [0.25, 0.3) is 5.65 Å². The number of aryl methyl sites for hydroxylation is 2. The number of aromatic hydroxyl groups is 1. The van der Waals surface area contributed by atoms with E-state index in [1.165, 1.54) is 12.1 Å². The van der Waals surface area contributed by atoms with Crippen molar-refractivity contribution in [3.8, 4) is 5.75 Å². The van der Waals surface area contributed by atoms with E-state index in [1.54, 1.807) is 6.07 Å². The summed E-state index contributed by atoms with van der Waals surface area (Å²) in [5, 5.41) is 12.9. The fraction of sp³-hybridized carbons (Fsp3) is 0.176. The van der Waals surface area contributed by atoms with E-state index >= 15 is 0 Å². The van der Waals surface area contributed by atoms with Gasteiger partial charge in [0.2, 0.25) is 5.91 Å². The number of rotatable bonds is 3. The molecule has 0 radical (unpaired) electrons. The number of imidazole rings is 1. The molecule has 0 aliphatic rings. The number of pyridine rings is 1. The zero-order valence-electron chi connectivity index (χ0n) is 12.8. The van der Waals surface area contributed by atoms with E-state index in [0.29, 0.717) is 10.7 Å². The summed E-state index contributed by atoms with van der Waals surface area (Å²) in [5.41, 5.74) is 3.82. The lowest BCUT2D eigenvalue weighted by molar-refractivity contribution is -0.115. The number of carbonyl (C=O) groups is 1. The maximum absolute atomic E-state index is 12.3. The van der Waals surface area contributed by atoms with Crippen LogP contribution in [-0.4, -0.2) is 20.4 Å². The van der Waals surface area contributed by atoms with Crippen molar-refractivity contribution in [2.75, 3.05) is 5.32 Å². The third kappa shape index (κ3) is 3.00. The van der Waals surface area contributed by atoms with Crippen LogP contribution >= 0.6 is 11.6 Å². The standard InChI is InChI=1S/C17H16ClN3O2/c1-10-4-3-7-21-14(11(2)19-17(10)21)9-16(23)20-13-8-12(18)5-6-15(13)22/h3-8,22H,9H2,1-2H3,(H,20,23). The van der Waals surface area contributed by atoms with Gasteiger partial charge in [-0.05, 0) is 43.7 Å². The van der Waals surface area contributed by atoms with Crippen molar-refractivity contribution in [2.45, 2.75) is 20.3 Å². The summed E-state index contributed by atoms with van der Waals surface area (Å²) in [6, 6.07) is 8.42. The van der Waals surface area contributed by atoms with Crippen LogP contribution in [0.2, 0.25) is 5.02 Å². The summed E-state index contributed by atoms with van der Waals surface area (Å²) in [5.74, 6) is -0.262. The van der Waals surface area contributed by atoms with E-state index in [-0.39, 0.29) is 18.1 Å². The molecule has 0 fully saturated rings. The van der Waals surface area contributed by atoms with Crippen molar-refractivity contribution in [1.29, 1.82) is 0 Å². The Morgan fingerprint density at radius 2 is 2.13 bits per heavy atom. The van der Waals surface area contributed by atoms with Crippen LogP contribution in [0, 0.1) is 13.8 Å². The van der Waals surface area contributed by atoms with Crippen molar-refractivity contribution in [3.05, 3.63) is 58.5 Å². The number of phenolic OH excluding ortho intramolecular Hbond substituents is 1. The maximum Gasteiger partial charge on any atom is 0.230 e. The highest BCUT2D eigenvalue weighted by Crippen LogP contribution is 2.26. The number of amides is 1. The number of aromatic nitrogens is 2. The molecule has 0 saturated heterocycles. The van der Waals surface area contributed by atoms with Gasteiger partial charge in [-0.2, -0.15) is 0 Å². The number of nitrogens with zero attached hydrogens (tertiary/aromatic N) is 2. The Morgan fingerprint density at radius 3 is 2.91 bits per heavy atom. The van der Waals surface area contributed by atoms with Crippen LogP contribution in [0.5, 0.6) is 5.75 Å². The minimum atomic E-state index is -0.242. The molecule has 3 rings (SSSR count). The number of anilines is 1. The van der Waals surface area contributed by atoms with E-state index in [1.807, 2.05) is 36.6 Å². The number of benzene rings is 1. The van der Waals surface area contributed by atoms with Gasteiger partial charge in [-0.15, -0.1) is 0 Å². The van der Waals surface area contributed by atoms with E-state index in [2.05, 4.69) is 10.3 Å². The van der Waals surface area contributed by atoms with Gasteiger partial charge in [0.15, 0.2) is 0 Å². The van der Waals surface area contributed by atoms with E-state index in [0.717, 1.165) is 22.6 Å². The summed E-state index contributed by atoms with van der Waals surface area (Å²) in [4.78, 5) is 16.8. The summed E-state index contributed by atoms with van der Waals surface area (Å²) in [6.45, 7) is 3.86. The SMILES string of the molecule is Cc1nc2c(C)cccn2c1CC(=O)Nc1cc(Cl)ccc1O. The lowest BCUT2D eigenvalue weighted by atomic mass is 10.2. The molecule has 2 heterocycles. The van der Waals surface area contributed by atoms with Crippen molar-refractivity contribution in [2.24, 2.45) is 0 Å². The molecule has 3 aromatic rings. The van der Waals surface area contributed by atoms with E-state index in [4.69, 9.17) is 11.6 Å². The number of halogens is 1. The highest BCUT2D eigenvalue weighted by atomic mass is 35.5. The zero-order chi connectivity index (χ0) is 16.6. The molecule has 0 spiro atoms. The monoisotopic (exact) mass is 329 g/mol. The van der Waals surface area contributed by atoms with Crippen molar-refractivity contribution in [3.63, 3.8) is 0 Å². The summed E-state index contributed by atoms with van der Waals surface area (Å²) < 4.78 is 1.92. The first kappa shape index (κ1) is 15.4. The summed E-state index contributed by atoms with van der Waals surface area (Å²) in [7, 11) is 0.